The van der Waals surface area contributed by atoms with Crippen molar-refractivity contribution in [1.82, 2.24) is 10.3 Å². The number of carbonyl (C=O) groups excluding carboxylic acids is 1. The molecule has 0 radical (unpaired) electrons. The number of nitrogens with one attached hydrogen (secondary N) is 1. The van der Waals surface area contributed by atoms with Gasteiger partial charge in [-0.2, -0.15) is 0 Å². The molecule has 0 aliphatic rings. The standard InChI is InChI=1S/C11H18N2O3S/c1-7(2)12-9(10(14)15-4)6-17-11-13-8(3)5-16-11/h5,7,9,12H,6H2,1-4H3. The van der Waals surface area contributed by atoms with Crippen LogP contribution in [0.5, 0.6) is 0 Å². The lowest BCUT2D eigenvalue weighted by atomic mass is 10.3. The van der Waals surface area contributed by atoms with E-state index in [0.717, 1.165) is 5.69 Å². The predicted octanol–water partition coefficient (Wildman–Crippen LogP) is 1.61. The number of carbonyl (C=O) groups is 1. The topological polar surface area (TPSA) is 64.4 Å². The Balaban J connectivity index is 2.51. The lowest BCUT2D eigenvalue weighted by Gasteiger charge is -2.17. The van der Waals surface area contributed by atoms with Gasteiger partial charge in [0.1, 0.15) is 12.3 Å². The second kappa shape index (κ2) is 6.66. The van der Waals surface area contributed by atoms with Gasteiger partial charge in [0.15, 0.2) is 0 Å². The molecule has 0 amide bonds. The van der Waals surface area contributed by atoms with Crippen molar-refractivity contribution < 1.29 is 13.9 Å². The predicted molar refractivity (Wildman–Crippen MR) is 66.0 cm³/mol. The van der Waals surface area contributed by atoms with Gasteiger partial charge in [-0.05, 0) is 6.92 Å². The highest BCUT2D eigenvalue weighted by Crippen LogP contribution is 2.18. The summed E-state index contributed by atoms with van der Waals surface area (Å²) in [5.74, 6) is 0.264. The molecule has 0 aromatic carbocycles. The number of rotatable bonds is 6. The molecule has 1 unspecified atom stereocenters. The maximum absolute atomic E-state index is 11.5. The van der Waals surface area contributed by atoms with Gasteiger partial charge in [-0.1, -0.05) is 25.6 Å². The summed E-state index contributed by atoms with van der Waals surface area (Å²) < 4.78 is 9.95. The number of thioether (sulfide) groups is 1. The molecule has 0 spiro atoms. The number of aromatic nitrogens is 1. The first-order valence-electron chi connectivity index (χ1n) is 5.41. The largest absolute Gasteiger partial charge is 0.468 e. The van der Waals surface area contributed by atoms with Crippen molar-refractivity contribution in [2.45, 2.75) is 38.1 Å². The third kappa shape index (κ3) is 4.79. The molecule has 1 rings (SSSR count). The number of nitrogens with zero attached hydrogens (tertiary/aromatic N) is 1. The quantitative estimate of drug-likeness (QED) is 0.618. The molecule has 5 nitrogen and oxygen atoms in total. The van der Waals surface area contributed by atoms with E-state index in [1.165, 1.54) is 18.9 Å². The number of hydrogen-bond donors (Lipinski definition) is 1. The number of hydrogen-bond acceptors (Lipinski definition) is 6. The van der Waals surface area contributed by atoms with Gasteiger partial charge in [0.2, 0.25) is 0 Å². The highest BCUT2D eigenvalue weighted by molar-refractivity contribution is 7.99. The van der Waals surface area contributed by atoms with Gasteiger partial charge in [-0.3, -0.25) is 4.79 Å². The second-order valence-corrected chi connectivity index (χ2v) is 4.93. The highest BCUT2D eigenvalue weighted by atomic mass is 32.2. The average molecular weight is 258 g/mol. The molecule has 96 valence electrons. The van der Waals surface area contributed by atoms with Crippen molar-refractivity contribution in [3.8, 4) is 0 Å². The van der Waals surface area contributed by atoms with Crippen molar-refractivity contribution in [3.63, 3.8) is 0 Å². The van der Waals surface area contributed by atoms with Crippen LogP contribution in [0.4, 0.5) is 0 Å². The van der Waals surface area contributed by atoms with Crippen LogP contribution in [0.1, 0.15) is 19.5 Å². The zero-order valence-corrected chi connectivity index (χ0v) is 11.3. The van der Waals surface area contributed by atoms with E-state index >= 15 is 0 Å². The summed E-state index contributed by atoms with van der Waals surface area (Å²) in [6.07, 6.45) is 1.59. The minimum Gasteiger partial charge on any atom is -0.468 e. The van der Waals surface area contributed by atoms with Gasteiger partial charge in [0, 0.05) is 11.8 Å². The summed E-state index contributed by atoms with van der Waals surface area (Å²) in [6, 6.07) is -0.136. The van der Waals surface area contributed by atoms with Crippen molar-refractivity contribution in [3.05, 3.63) is 12.0 Å². The zero-order chi connectivity index (χ0) is 12.8. The van der Waals surface area contributed by atoms with E-state index in [0.29, 0.717) is 11.0 Å². The fourth-order valence-electron chi connectivity index (χ4n) is 1.28. The summed E-state index contributed by atoms with van der Waals surface area (Å²) in [5, 5.41) is 3.71. The summed E-state index contributed by atoms with van der Waals surface area (Å²) in [7, 11) is 1.39. The van der Waals surface area contributed by atoms with Crippen LogP contribution < -0.4 is 5.32 Å². The van der Waals surface area contributed by atoms with Crippen molar-refractivity contribution in [2.75, 3.05) is 12.9 Å². The van der Waals surface area contributed by atoms with Crippen molar-refractivity contribution in [2.24, 2.45) is 0 Å². The van der Waals surface area contributed by atoms with Crippen LogP contribution in [-0.4, -0.2) is 35.9 Å². The van der Waals surface area contributed by atoms with E-state index in [1.807, 2.05) is 20.8 Å². The first-order chi connectivity index (χ1) is 8.02. The van der Waals surface area contributed by atoms with Crippen LogP contribution in [0.2, 0.25) is 0 Å². The number of oxazole rings is 1. The second-order valence-electron chi connectivity index (χ2n) is 3.96. The SMILES string of the molecule is COC(=O)C(CSc1nc(C)co1)NC(C)C. The first kappa shape index (κ1) is 14.1. The maximum atomic E-state index is 11.5. The smallest absolute Gasteiger partial charge is 0.323 e. The average Bonchev–Trinajstić information content (AvgIpc) is 2.68. The summed E-state index contributed by atoms with van der Waals surface area (Å²) in [6.45, 7) is 5.82. The third-order valence-corrected chi connectivity index (χ3v) is 2.93. The summed E-state index contributed by atoms with van der Waals surface area (Å²) in [5.41, 5.74) is 0.832. The Labute approximate surface area is 105 Å². The minimum absolute atomic E-state index is 0.214. The monoisotopic (exact) mass is 258 g/mol. The molecule has 0 fully saturated rings. The van der Waals surface area contributed by atoms with Crippen LogP contribution in [-0.2, 0) is 9.53 Å². The number of esters is 1. The highest BCUT2D eigenvalue weighted by Gasteiger charge is 2.20. The molecule has 6 heteroatoms. The number of methoxy groups -OCH3 is 1. The summed E-state index contributed by atoms with van der Waals surface area (Å²) in [4.78, 5) is 15.7. The molecular weight excluding hydrogens is 240 g/mol. The van der Waals surface area contributed by atoms with E-state index < -0.39 is 0 Å². The normalized spacial score (nSPS) is 12.8. The Morgan fingerprint density at radius 2 is 2.35 bits per heavy atom. The van der Waals surface area contributed by atoms with Crippen LogP contribution >= 0.6 is 11.8 Å². The number of aryl methyl sites for hydroxylation is 1. The van der Waals surface area contributed by atoms with Crippen LogP contribution in [0, 0.1) is 6.92 Å². The van der Waals surface area contributed by atoms with Crippen molar-refractivity contribution in [1.29, 1.82) is 0 Å². The molecule has 1 N–H and O–H groups in total. The fourth-order valence-corrected chi connectivity index (χ4v) is 2.15. The van der Waals surface area contributed by atoms with Gasteiger partial charge in [-0.25, -0.2) is 4.98 Å². The van der Waals surface area contributed by atoms with Gasteiger partial charge >= 0.3 is 5.97 Å². The van der Waals surface area contributed by atoms with Gasteiger partial charge in [0.05, 0.1) is 12.8 Å². The lowest BCUT2D eigenvalue weighted by molar-refractivity contribution is -0.142. The van der Waals surface area contributed by atoms with Gasteiger partial charge < -0.3 is 14.5 Å². The molecule has 0 aliphatic heterocycles. The van der Waals surface area contributed by atoms with E-state index in [4.69, 9.17) is 9.15 Å². The molecule has 0 bridgehead atoms. The molecule has 1 heterocycles. The van der Waals surface area contributed by atoms with E-state index in [9.17, 15) is 4.79 Å². The molecule has 1 aromatic heterocycles. The Morgan fingerprint density at radius 1 is 1.65 bits per heavy atom. The Bertz CT molecular complexity index is 365. The van der Waals surface area contributed by atoms with E-state index in [-0.39, 0.29) is 18.1 Å². The van der Waals surface area contributed by atoms with Crippen LogP contribution in [0.3, 0.4) is 0 Å². The maximum Gasteiger partial charge on any atom is 0.323 e. The molecule has 0 saturated carbocycles. The van der Waals surface area contributed by atoms with E-state index in [2.05, 4.69) is 10.3 Å². The lowest BCUT2D eigenvalue weighted by Crippen LogP contribution is -2.43. The third-order valence-electron chi connectivity index (χ3n) is 1.99. The molecule has 0 aliphatic carbocycles. The number of ether oxygens (including phenoxy) is 1. The minimum atomic E-state index is -0.350. The van der Waals surface area contributed by atoms with Crippen molar-refractivity contribution >= 4 is 17.7 Å². The first-order valence-corrected chi connectivity index (χ1v) is 6.40. The Hall–Kier alpha value is -1.01. The fraction of sp³-hybridized carbons (Fsp3) is 0.636. The molecular formula is C11H18N2O3S. The Kier molecular flexibility index (Phi) is 5.50. The molecule has 0 saturated heterocycles. The zero-order valence-electron chi connectivity index (χ0n) is 10.5. The van der Waals surface area contributed by atoms with Crippen LogP contribution in [0.25, 0.3) is 0 Å². The molecule has 1 atom stereocenters. The van der Waals surface area contributed by atoms with Crippen LogP contribution in [0.15, 0.2) is 15.9 Å². The van der Waals surface area contributed by atoms with Gasteiger partial charge in [-0.15, -0.1) is 0 Å². The van der Waals surface area contributed by atoms with E-state index in [1.54, 1.807) is 6.26 Å². The summed E-state index contributed by atoms with van der Waals surface area (Å²) >= 11 is 1.39. The molecule has 1 aromatic rings. The molecule has 17 heavy (non-hydrogen) atoms. The Morgan fingerprint density at radius 3 is 2.82 bits per heavy atom. The van der Waals surface area contributed by atoms with Gasteiger partial charge in [0.25, 0.3) is 5.22 Å².